The molecular weight excluding hydrogens is 227 g/mol. The van der Waals surface area contributed by atoms with Crippen molar-refractivity contribution in [3.05, 3.63) is 53.3 Å². The molecule has 0 spiro atoms. The van der Waals surface area contributed by atoms with Gasteiger partial charge in [0.25, 0.3) is 0 Å². The Hall–Kier alpha value is -1.54. The van der Waals surface area contributed by atoms with Gasteiger partial charge in [-0.25, -0.2) is 4.39 Å². The fourth-order valence-electron chi connectivity index (χ4n) is 1.45. The lowest BCUT2D eigenvalue weighted by Crippen LogP contribution is -1.87. The van der Waals surface area contributed by atoms with Gasteiger partial charge < -0.3 is 4.74 Å². The molecule has 0 aliphatic carbocycles. The van der Waals surface area contributed by atoms with Gasteiger partial charge in [0.2, 0.25) is 0 Å². The Bertz CT molecular complexity index is 511. The maximum Gasteiger partial charge on any atom is 0.132 e. The molecule has 3 heteroatoms. The van der Waals surface area contributed by atoms with E-state index in [0.29, 0.717) is 16.3 Å². The zero-order valence-corrected chi connectivity index (χ0v) is 9.38. The number of hydrogen-bond donors (Lipinski definition) is 0. The van der Waals surface area contributed by atoms with Crippen LogP contribution in [0.15, 0.2) is 36.4 Å². The molecule has 0 amide bonds. The summed E-state index contributed by atoms with van der Waals surface area (Å²) in [6.45, 7) is 0. The minimum atomic E-state index is -0.347. The molecule has 0 heterocycles. The fourth-order valence-corrected chi connectivity index (χ4v) is 1.61. The molecule has 0 unspecified atom stereocenters. The number of benzene rings is 2. The van der Waals surface area contributed by atoms with Gasteiger partial charge in [-0.15, -0.1) is 0 Å². The number of ether oxygens (including phenoxy) is 1. The molecule has 0 aliphatic heterocycles. The van der Waals surface area contributed by atoms with Crippen LogP contribution in [0, 0.1) is 11.9 Å². The van der Waals surface area contributed by atoms with E-state index in [0.717, 1.165) is 5.56 Å². The molecule has 1 nitrogen and oxygen atoms in total. The molecule has 16 heavy (non-hydrogen) atoms. The van der Waals surface area contributed by atoms with Gasteiger partial charge in [-0.3, -0.25) is 0 Å². The number of methoxy groups -OCH3 is 1. The highest BCUT2D eigenvalue weighted by Gasteiger charge is 2.06. The third kappa shape index (κ3) is 2.17. The van der Waals surface area contributed by atoms with E-state index in [1.54, 1.807) is 37.4 Å². The first-order chi connectivity index (χ1) is 7.70. The largest absolute Gasteiger partial charge is 0.496 e. The van der Waals surface area contributed by atoms with Crippen LogP contribution in [-0.4, -0.2) is 7.11 Å². The maximum atomic E-state index is 13.6. The molecule has 0 fully saturated rings. The number of hydrogen-bond acceptors (Lipinski definition) is 1. The standard InChI is InChI=1S/C13H9ClFO/c1-16-11-4-2-3-9(7-11)12-6-5-10(14)8-13(12)15/h2-3,5-8H,1H3. The van der Waals surface area contributed by atoms with E-state index in [2.05, 4.69) is 6.07 Å². The van der Waals surface area contributed by atoms with Gasteiger partial charge in [0.05, 0.1) is 7.11 Å². The van der Waals surface area contributed by atoms with Gasteiger partial charge >= 0.3 is 0 Å². The van der Waals surface area contributed by atoms with Gasteiger partial charge in [0.1, 0.15) is 11.6 Å². The molecule has 2 aromatic rings. The topological polar surface area (TPSA) is 9.23 Å². The quantitative estimate of drug-likeness (QED) is 0.766. The van der Waals surface area contributed by atoms with E-state index in [4.69, 9.17) is 16.3 Å². The second-order valence-electron chi connectivity index (χ2n) is 3.27. The van der Waals surface area contributed by atoms with Crippen molar-refractivity contribution in [3.8, 4) is 16.9 Å². The first-order valence-electron chi connectivity index (χ1n) is 4.72. The van der Waals surface area contributed by atoms with Crippen LogP contribution in [0.5, 0.6) is 5.75 Å². The summed E-state index contributed by atoms with van der Waals surface area (Å²) in [5.74, 6) is 0.229. The molecule has 0 saturated carbocycles. The summed E-state index contributed by atoms with van der Waals surface area (Å²) in [5, 5.41) is 0.385. The summed E-state index contributed by atoms with van der Waals surface area (Å²) < 4.78 is 18.7. The van der Waals surface area contributed by atoms with Crippen LogP contribution in [0.25, 0.3) is 11.1 Å². The minimum absolute atomic E-state index is 0.347. The Balaban J connectivity index is 2.49. The van der Waals surface area contributed by atoms with Crippen molar-refractivity contribution in [3.63, 3.8) is 0 Å². The van der Waals surface area contributed by atoms with E-state index in [-0.39, 0.29) is 5.82 Å². The van der Waals surface area contributed by atoms with Gasteiger partial charge in [0.15, 0.2) is 0 Å². The first-order valence-corrected chi connectivity index (χ1v) is 5.09. The molecule has 0 N–H and O–H groups in total. The zero-order chi connectivity index (χ0) is 11.5. The average molecular weight is 236 g/mol. The molecular formula is C13H9ClFO. The lowest BCUT2D eigenvalue weighted by molar-refractivity contribution is 0.414. The predicted octanol–water partition coefficient (Wildman–Crippen LogP) is 3.95. The van der Waals surface area contributed by atoms with Crippen molar-refractivity contribution < 1.29 is 9.13 Å². The normalized spacial score (nSPS) is 10.2. The molecule has 0 aromatic heterocycles. The van der Waals surface area contributed by atoms with Crippen LogP contribution in [0.3, 0.4) is 0 Å². The summed E-state index contributed by atoms with van der Waals surface area (Å²) in [7, 11) is 1.55. The third-order valence-electron chi connectivity index (χ3n) is 2.24. The second-order valence-corrected chi connectivity index (χ2v) is 3.71. The van der Waals surface area contributed by atoms with Crippen molar-refractivity contribution in [2.45, 2.75) is 0 Å². The SMILES string of the molecule is COc1[c]ccc(-c2ccc(Cl)cc2F)c1. The van der Waals surface area contributed by atoms with E-state index in [1.807, 2.05) is 0 Å². The molecule has 2 aromatic carbocycles. The molecule has 0 atom stereocenters. The van der Waals surface area contributed by atoms with Crippen LogP contribution < -0.4 is 4.74 Å². The van der Waals surface area contributed by atoms with E-state index in [9.17, 15) is 4.39 Å². The molecule has 1 radical (unpaired) electrons. The van der Waals surface area contributed by atoms with Crippen molar-refractivity contribution in [2.24, 2.45) is 0 Å². The van der Waals surface area contributed by atoms with Crippen molar-refractivity contribution in [1.29, 1.82) is 0 Å². The van der Waals surface area contributed by atoms with Crippen molar-refractivity contribution in [1.82, 2.24) is 0 Å². The van der Waals surface area contributed by atoms with Crippen LogP contribution >= 0.6 is 11.6 Å². The van der Waals surface area contributed by atoms with E-state index in [1.165, 1.54) is 6.07 Å². The predicted molar refractivity (Wildman–Crippen MR) is 62.2 cm³/mol. The van der Waals surface area contributed by atoms with Crippen LogP contribution in [-0.2, 0) is 0 Å². The van der Waals surface area contributed by atoms with Gasteiger partial charge in [-0.05, 0) is 35.9 Å². The monoisotopic (exact) mass is 235 g/mol. The van der Waals surface area contributed by atoms with E-state index >= 15 is 0 Å². The Kier molecular flexibility index (Phi) is 3.11. The average Bonchev–Trinajstić information content (AvgIpc) is 2.29. The Labute approximate surface area is 98.4 Å². The minimum Gasteiger partial charge on any atom is -0.496 e. The summed E-state index contributed by atoms with van der Waals surface area (Å²) in [4.78, 5) is 0. The molecule has 81 valence electrons. The summed E-state index contributed by atoms with van der Waals surface area (Å²) >= 11 is 5.69. The maximum absolute atomic E-state index is 13.6. The second kappa shape index (κ2) is 4.54. The fraction of sp³-hybridized carbons (Fsp3) is 0.0769. The molecule has 0 bridgehead atoms. The van der Waals surface area contributed by atoms with Crippen molar-refractivity contribution in [2.75, 3.05) is 7.11 Å². The molecule has 0 saturated heterocycles. The smallest absolute Gasteiger partial charge is 0.132 e. The lowest BCUT2D eigenvalue weighted by Gasteiger charge is -2.05. The third-order valence-corrected chi connectivity index (χ3v) is 2.47. The highest BCUT2D eigenvalue weighted by atomic mass is 35.5. The van der Waals surface area contributed by atoms with E-state index < -0.39 is 0 Å². The summed E-state index contributed by atoms with van der Waals surface area (Å²) in [5.41, 5.74) is 1.24. The zero-order valence-electron chi connectivity index (χ0n) is 8.63. The Morgan fingerprint density at radius 3 is 2.75 bits per heavy atom. The lowest BCUT2D eigenvalue weighted by atomic mass is 10.1. The Morgan fingerprint density at radius 2 is 2.06 bits per heavy atom. The van der Waals surface area contributed by atoms with Crippen LogP contribution in [0.2, 0.25) is 5.02 Å². The van der Waals surface area contributed by atoms with Crippen LogP contribution in [0.4, 0.5) is 4.39 Å². The highest BCUT2D eigenvalue weighted by Crippen LogP contribution is 2.27. The number of rotatable bonds is 2. The summed E-state index contributed by atoms with van der Waals surface area (Å²) in [6.07, 6.45) is 0. The van der Waals surface area contributed by atoms with Crippen molar-refractivity contribution >= 4 is 11.6 Å². The van der Waals surface area contributed by atoms with Gasteiger partial charge in [-0.2, -0.15) is 0 Å². The Morgan fingerprint density at radius 1 is 1.25 bits per heavy atom. The van der Waals surface area contributed by atoms with Gasteiger partial charge in [0, 0.05) is 16.7 Å². The van der Waals surface area contributed by atoms with Gasteiger partial charge in [-0.1, -0.05) is 17.7 Å². The van der Waals surface area contributed by atoms with Crippen LogP contribution in [0.1, 0.15) is 0 Å². The molecule has 0 aliphatic rings. The highest BCUT2D eigenvalue weighted by molar-refractivity contribution is 6.30. The number of halogens is 2. The molecule has 2 rings (SSSR count). The summed E-state index contributed by atoms with van der Waals surface area (Å²) in [6, 6.07) is 12.7. The first kappa shape index (κ1) is 11.0.